The van der Waals surface area contributed by atoms with Gasteiger partial charge in [-0.3, -0.25) is 9.88 Å². The molecule has 3 nitrogen and oxygen atoms in total. The van der Waals surface area contributed by atoms with Crippen LogP contribution in [0.1, 0.15) is 42.4 Å². The summed E-state index contributed by atoms with van der Waals surface area (Å²) < 4.78 is 0. The van der Waals surface area contributed by atoms with Gasteiger partial charge in [0.25, 0.3) is 0 Å². The highest BCUT2D eigenvalue weighted by Gasteiger charge is 2.18. The van der Waals surface area contributed by atoms with Gasteiger partial charge >= 0.3 is 0 Å². The van der Waals surface area contributed by atoms with Gasteiger partial charge in [0.05, 0.1) is 0 Å². The molecule has 1 aromatic rings. The van der Waals surface area contributed by atoms with Gasteiger partial charge in [0.1, 0.15) is 0 Å². The zero-order valence-electron chi connectivity index (χ0n) is 10.5. The van der Waals surface area contributed by atoms with Crippen LogP contribution < -0.4 is 5.73 Å². The molecule has 1 aliphatic heterocycles. The molecule has 0 amide bonds. The molecular formula is C13H21N3. The normalized spacial score (nSPS) is 18.2. The van der Waals surface area contributed by atoms with E-state index in [9.17, 15) is 0 Å². The minimum Gasteiger partial charge on any atom is -0.324 e. The SMILES string of the molecule is CCN1CCc2nc(C)c(C(C)N)cc2C1. The number of hydrogen-bond donors (Lipinski definition) is 1. The minimum absolute atomic E-state index is 0.0785. The molecule has 1 unspecified atom stereocenters. The lowest BCUT2D eigenvalue weighted by Gasteiger charge is -2.28. The van der Waals surface area contributed by atoms with Crippen LogP contribution in [0.2, 0.25) is 0 Å². The Labute approximate surface area is 97.7 Å². The molecule has 0 saturated carbocycles. The van der Waals surface area contributed by atoms with Gasteiger partial charge < -0.3 is 5.73 Å². The molecule has 0 saturated heterocycles. The monoisotopic (exact) mass is 219 g/mol. The van der Waals surface area contributed by atoms with Crippen molar-refractivity contribution in [2.24, 2.45) is 5.73 Å². The summed E-state index contributed by atoms with van der Waals surface area (Å²) in [5, 5.41) is 0. The summed E-state index contributed by atoms with van der Waals surface area (Å²) in [6, 6.07) is 2.33. The van der Waals surface area contributed by atoms with Crippen LogP contribution >= 0.6 is 0 Å². The average molecular weight is 219 g/mol. The van der Waals surface area contributed by atoms with Crippen LogP contribution in [-0.4, -0.2) is 23.0 Å². The Hall–Kier alpha value is -0.930. The van der Waals surface area contributed by atoms with E-state index in [1.165, 1.54) is 16.8 Å². The van der Waals surface area contributed by atoms with Gasteiger partial charge in [-0.05, 0) is 37.6 Å². The second-order valence-electron chi connectivity index (χ2n) is 4.68. The summed E-state index contributed by atoms with van der Waals surface area (Å²) >= 11 is 0. The fourth-order valence-electron chi connectivity index (χ4n) is 2.38. The van der Waals surface area contributed by atoms with Crippen LogP contribution in [0.4, 0.5) is 0 Å². The first-order valence-electron chi connectivity index (χ1n) is 6.09. The molecule has 88 valence electrons. The molecule has 0 aliphatic carbocycles. The number of rotatable bonds is 2. The second kappa shape index (κ2) is 4.52. The van der Waals surface area contributed by atoms with Gasteiger partial charge in [-0.15, -0.1) is 0 Å². The topological polar surface area (TPSA) is 42.2 Å². The predicted octanol–water partition coefficient (Wildman–Crippen LogP) is 1.79. The van der Waals surface area contributed by atoms with E-state index in [0.29, 0.717) is 0 Å². The fraction of sp³-hybridized carbons (Fsp3) is 0.615. The van der Waals surface area contributed by atoms with Crippen molar-refractivity contribution in [2.75, 3.05) is 13.1 Å². The van der Waals surface area contributed by atoms with Crippen molar-refractivity contribution in [3.63, 3.8) is 0 Å². The van der Waals surface area contributed by atoms with Gasteiger partial charge in [0.15, 0.2) is 0 Å². The molecule has 2 heterocycles. The van der Waals surface area contributed by atoms with E-state index in [2.05, 4.69) is 24.8 Å². The van der Waals surface area contributed by atoms with Gasteiger partial charge in [-0.25, -0.2) is 0 Å². The Morgan fingerprint density at radius 2 is 2.31 bits per heavy atom. The van der Waals surface area contributed by atoms with Gasteiger partial charge in [-0.2, -0.15) is 0 Å². The third-order valence-electron chi connectivity index (χ3n) is 3.42. The molecule has 2 rings (SSSR count). The fourth-order valence-corrected chi connectivity index (χ4v) is 2.38. The Kier molecular flexibility index (Phi) is 3.26. The molecule has 1 atom stereocenters. The van der Waals surface area contributed by atoms with Crippen LogP contribution in [0.15, 0.2) is 6.07 Å². The zero-order chi connectivity index (χ0) is 11.7. The van der Waals surface area contributed by atoms with Crippen molar-refractivity contribution in [3.05, 3.63) is 28.6 Å². The first-order chi connectivity index (χ1) is 7.61. The van der Waals surface area contributed by atoms with Gasteiger partial charge in [-0.1, -0.05) is 6.92 Å². The molecule has 16 heavy (non-hydrogen) atoms. The highest BCUT2D eigenvalue weighted by Crippen LogP contribution is 2.22. The van der Waals surface area contributed by atoms with E-state index >= 15 is 0 Å². The summed E-state index contributed by atoms with van der Waals surface area (Å²) in [6.45, 7) is 9.56. The maximum Gasteiger partial charge on any atom is 0.0464 e. The van der Waals surface area contributed by atoms with Crippen molar-refractivity contribution in [1.82, 2.24) is 9.88 Å². The molecule has 0 fully saturated rings. The van der Waals surface area contributed by atoms with E-state index in [4.69, 9.17) is 10.7 Å². The number of aryl methyl sites for hydroxylation is 1. The molecule has 3 heteroatoms. The van der Waals surface area contributed by atoms with Gasteiger partial charge in [0.2, 0.25) is 0 Å². The largest absolute Gasteiger partial charge is 0.324 e. The summed E-state index contributed by atoms with van der Waals surface area (Å²) in [6.07, 6.45) is 1.07. The third-order valence-corrected chi connectivity index (χ3v) is 3.42. The van der Waals surface area contributed by atoms with Crippen LogP contribution in [0, 0.1) is 6.92 Å². The number of fused-ring (bicyclic) bond motifs is 1. The second-order valence-corrected chi connectivity index (χ2v) is 4.68. The lowest BCUT2D eigenvalue weighted by Crippen LogP contribution is -2.31. The molecule has 1 aliphatic rings. The van der Waals surface area contributed by atoms with Gasteiger partial charge in [0, 0.05) is 36.9 Å². The molecule has 0 aromatic carbocycles. The van der Waals surface area contributed by atoms with Crippen LogP contribution in [0.25, 0.3) is 0 Å². The number of nitrogens with two attached hydrogens (primary N) is 1. The van der Waals surface area contributed by atoms with Crippen molar-refractivity contribution < 1.29 is 0 Å². The molecule has 0 bridgehead atoms. The standard InChI is InChI=1S/C13H21N3/c1-4-16-6-5-13-11(8-16)7-12(9(2)14)10(3)15-13/h7,9H,4-6,8,14H2,1-3H3. The molecule has 0 spiro atoms. The predicted molar refractivity (Wildman–Crippen MR) is 66.2 cm³/mol. The average Bonchev–Trinajstić information content (AvgIpc) is 2.27. The van der Waals surface area contributed by atoms with E-state index < -0.39 is 0 Å². The maximum absolute atomic E-state index is 5.96. The first-order valence-corrected chi connectivity index (χ1v) is 6.09. The quantitative estimate of drug-likeness (QED) is 0.824. The smallest absolute Gasteiger partial charge is 0.0464 e. The van der Waals surface area contributed by atoms with Crippen LogP contribution in [0.3, 0.4) is 0 Å². The van der Waals surface area contributed by atoms with E-state index in [0.717, 1.165) is 31.7 Å². The number of nitrogens with zero attached hydrogens (tertiary/aromatic N) is 2. The molecule has 0 radical (unpaired) electrons. The summed E-state index contributed by atoms with van der Waals surface area (Å²) in [7, 11) is 0. The van der Waals surface area contributed by atoms with E-state index in [-0.39, 0.29) is 6.04 Å². The molecular weight excluding hydrogens is 198 g/mol. The molecule has 2 N–H and O–H groups in total. The number of pyridine rings is 1. The molecule has 1 aromatic heterocycles. The van der Waals surface area contributed by atoms with Crippen LogP contribution in [0.5, 0.6) is 0 Å². The highest BCUT2D eigenvalue weighted by molar-refractivity contribution is 5.33. The van der Waals surface area contributed by atoms with Crippen LogP contribution in [-0.2, 0) is 13.0 Å². The maximum atomic E-state index is 5.96. The van der Waals surface area contributed by atoms with Crippen molar-refractivity contribution >= 4 is 0 Å². The van der Waals surface area contributed by atoms with Crippen molar-refractivity contribution in [2.45, 2.75) is 39.8 Å². The Balaban J connectivity index is 2.36. The summed E-state index contributed by atoms with van der Waals surface area (Å²) in [4.78, 5) is 7.15. The number of aromatic nitrogens is 1. The Morgan fingerprint density at radius 1 is 1.56 bits per heavy atom. The number of likely N-dealkylation sites (N-methyl/N-ethyl adjacent to an activating group) is 1. The summed E-state index contributed by atoms with van der Waals surface area (Å²) in [5.41, 5.74) is 10.9. The Bertz CT molecular complexity index is 385. The van der Waals surface area contributed by atoms with Crippen molar-refractivity contribution in [3.8, 4) is 0 Å². The number of hydrogen-bond acceptors (Lipinski definition) is 3. The highest BCUT2D eigenvalue weighted by atomic mass is 15.1. The summed E-state index contributed by atoms with van der Waals surface area (Å²) in [5.74, 6) is 0. The lowest BCUT2D eigenvalue weighted by molar-refractivity contribution is 0.265. The zero-order valence-corrected chi connectivity index (χ0v) is 10.5. The van der Waals surface area contributed by atoms with Crippen molar-refractivity contribution in [1.29, 1.82) is 0 Å². The third kappa shape index (κ3) is 2.11. The van der Waals surface area contributed by atoms with E-state index in [1.807, 2.05) is 6.92 Å². The minimum atomic E-state index is 0.0785. The lowest BCUT2D eigenvalue weighted by atomic mass is 9.99. The Morgan fingerprint density at radius 3 is 2.94 bits per heavy atom. The van der Waals surface area contributed by atoms with E-state index in [1.54, 1.807) is 0 Å². The first kappa shape index (κ1) is 11.6.